The van der Waals surface area contributed by atoms with Gasteiger partial charge in [0.2, 0.25) is 6.29 Å². The van der Waals surface area contributed by atoms with Crippen LogP contribution in [0.1, 0.15) is 36.5 Å². The third-order valence-corrected chi connectivity index (χ3v) is 5.78. The Labute approximate surface area is 186 Å². The fourth-order valence-corrected chi connectivity index (χ4v) is 3.73. The molecular formula is C24H30O8. The van der Waals surface area contributed by atoms with Crippen LogP contribution < -0.4 is 9.47 Å². The summed E-state index contributed by atoms with van der Waals surface area (Å²) in [5, 5.41) is 50.1. The van der Waals surface area contributed by atoms with Crippen molar-refractivity contribution in [3.63, 3.8) is 0 Å². The molecule has 174 valence electrons. The third-order valence-electron chi connectivity index (χ3n) is 5.78. The van der Waals surface area contributed by atoms with Crippen LogP contribution in [0.15, 0.2) is 42.5 Å². The summed E-state index contributed by atoms with van der Waals surface area (Å²) < 4.78 is 17.3. The molecule has 1 aliphatic heterocycles. The van der Waals surface area contributed by atoms with E-state index in [1.165, 1.54) is 6.92 Å². The van der Waals surface area contributed by atoms with E-state index in [0.29, 0.717) is 23.8 Å². The highest BCUT2D eigenvalue weighted by Gasteiger charge is 2.46. The average Bonchev–Trinajstić information content (AvgIpc) is 3.60. The van der Waals surface area contributed by atoms with Crippen molar-refractivity contribution in [3.8, 4) is 11.5 Å². The smallest absolute Gasteiger partial charge is 0.229 e. The van der Waals surface area contributed by atoms with Crippen molar-refractivity contribution in [1.29, 1.82) is 0 Å². The van der Waals surface area contributed by atoms with Crippen LogP contribution in [-0.4, -0.2) is 68.4 Å². The molecule has 5 N–H and O–H groups in total. The van der Waals surface area contributed by atoms with Gasteiger partial charge in [-0.1, -0.05) is 24.3 Å². The number of ether oxygens (including phenoxy) is 3. The van der Waals surface area contributed by atoms with Gasteiger partial charge >= 0.3 is 0 Å². The Morgan fingerprint density at radius 1 is 0.938 bits per heavy atom. The molecule has 8 heteroatoms. The molecule has 32 heavy (non-hydrogen) atoms. The molecule has 1 heterocycles. The van der Waals surface area contributed by atoms with E-state index in [1.807, 2.05) is 30.3 Å². The molecule has 1 aliphatic carbocycles. The van der Waals surface area contributed by atoms with Gasteiger partial charge in [-0.2, -0.15) is 0 Å². The van der Waals surface area contributed by atoms with Crippen LogP contribution in [-0.2, 0) is 17.8 Å². The molecule has 2 aromatic rings. The third kappa shape index (κ3) is 5.23. The van der Waals surface area contributed by atoms with Crippen molar-refractivity contribution < 1.29 is 39.7 Å². The highest BCUT2D eigenvalue weighted by molar-refractivity contribution is 5.41. The van der Waals surface area contributed by atoms with Crippen LogP contribution in [0, 0.1) is 0 Å². The second-order valence-corrected chi connectivity index (χ2v) is 8.54. The van der Waals surface area contributed by atoms with Gasteiger partial charge in [-0.25, -0.2) is 0 Å². The monoisotopic (exact) mass is 446 g/mol. The lowest BCUT2D eigenvalue weighted by Crippen LogP contribution is -2.61. The molecule has 0 aromatic heterocycles. The van der Waals surface area contributed by atoms with Crippen LogP contribution in [0.4, 0.5) is 0 Å². The van der Waals surface area contributed by atoms with Crippen molar-refractivity contribution in [2.75, 3.05) is 0 Å². The van der Waals surface area contributed by atoms with Gasteiger partial charge in [0.15, 0.2) is 0 Å². The zero-order valence-corrected chi connectivity index (χ0v) is 17.9. The van der Waals surface area contributed by atoms with Crippen molar-refractivity contribution in [2.45, 2.75) is 75.7 Å². The Morgan fingerprint density at radius 3 is 2.25 bits per heavy atom. The highest BCUT2D eigenvalue weighted by Crippen LogP contribution is 2.31. The Hall–Kier alpha value is -2.20. The standard InChI is InChI=1S/C24H30O8/c1-13(26)23-21(28)20(27)22(29)24(32-23)31-19-11-15(12-25)2-5-16(19)10-14-3-6-17(7-4-14)30-18-8-9-18/h2-7,11,13,18,20-29H,8-10,12H2,1H3/t13-,20+,21+,22-,23-,24-/m1/s1. The lowest BCUT2D eigenvalue weighted by molar-refractivity contribution is -0.286. The second kappa shape index (κ2) is 9.74. The van der Waals surface area contributed by atoms with Crippen LogP contribution in [0.5, 0.6) is 11.5 Å². The maximum absolute atomic E-state index is 10.4. The zero-order chi connectivity index (χ0) is 22.8. The summed E-state index contributed by atoms with van der Waals surface area (Å²) in [5.41, 5.74) is 2.40. The summed E-state index contributed by atoms with van der Waals surface area (Å²) in [4.78, 5) is 0. The van der Waals surface area contributed by atoms with Gasteiger partial charge in [0.25, 0.3) is 0 Å². The van der Waals surface area contributed by atoms with Crippen LogP contribution >= 0.6 is 0 Å². The highest BCUT2D eigenvalue weighted by atomic mass is 16.7. The topological polar surface area (TPSA) is 129 Å². The molecule has 8 nitrogen and oxygen atoms in total. The largest absolute Gasteiger partial charge is 0.490 e. The van der Waals surface area contributed by atoms with Gasteiger partial charge in [-0.05, 0) is 54.7 Å². The minimum absolute atomic E-state index is 0.199. The van der Waals surface area contributed by atoms with E-state index in [0.717, 1.165) is 29.7 Å². The predicted molar refractivity (Wildman–Crippen MR) is 114 cm³/mol. The molecule has 1 saturated heterocycles. The quantitative estimate of drug-likeness (QED) is 0.404. The average molecular weight is 446 g/mol. The lowest BCUT2D eigenvalue weighted by Gasteiger charge is -2.41. The molecule has 2 aromatic carbocycles. The Bertz CT molecular complexity index is 895. The summed E-state index contributed by atoms with van der Waals surface area (Å²) in [6, 6.07) is 13.0. The number of hydrogen-bond acceptors (Lipinski definition) is 8. The normalized spacial score (nSPS) is 28.9. The molecule has 0 spiro atoms. The maximum atomic E-state index is 10.4. The van der Waals surface area contributed by atoms with E-state index < -0.39 is 36.8 Å². The predicted octanol–water partition coefficient (Wildman–Crippen LogP) is 0.878. The van der Waals surface area contributed by atoms with E-state index in [9.17, 15) is 25.5 Å². The number of aliphatic hydroxyl groups excluding tert-OH is 5. The van der Waals surface area contributed by atoms with Gasteiger partial charge in [-0.3, -0.25) is 0 Å². The number of rotatable bonds is 8. The Balaban J connectivity index is 1.53. The first-order chi connectivity index (χ1) is 15.4. The molecule has 6 atom stereocenters. The van der Waals surface area contributed by atoms with Crippen molar-refractivity contribution in [3.05, 3.63) is 59.2 Å². The lowest BCUT2D eigenvalue weighted by atomic mass is 9.96. The van der Waals surface area contributed by atoms with Crippen LogP contribution in [0.2, 0.25) is 0 Å². The Morgan fingerprint density at radius 2 is 1.62 bits per heavy atom. The first-order valence-corrected chi connectivity index (χ1v) is 10.9. The number of benzene rings is 2. The minimum Gasteiger partial charge on any atom is -0.490 e. The molecule has 1 saturated carbocycles. The SMILES string of the molecule is C[C@@H](O)[C@H]1O[C@@H](Oc2cc(CO)ccc2Cc2ccc(OC3CC3)cc2)[C@H](O)[C@@H](O)[C@@H]1O. The Kier molecular flexibility index (Phi) is 6.99. The first kappa shape index (κ1) is 23.0. The molecule has 0 unspecified atom stereocenters. The molecule has 2 aliphatic rings. The van der Waals surface area contributed by atoms with Crippen molar-refractivity contribution in [2.24, 2.45) is 0 Å². The van der Waals surface area contributed by atoms with E-state index in [4.69, 9.17) is 14.2 Å². The molecule has 0 amide bonds. The second-order valence-electron chi connectivity index (χ2n) is 8.54. The zero-order valence-electron chi connectivity index (χ0n) is 17.9. The molecule has 2 fully saturated rings. The maximum Gasteiger partial charge on any atom is 0.229 e. The van der Waals surface area contributed by atoms with Gasteiger partial charge in [0.1, 0.15) is 35.9 Å². The fraction of sp³-hybridized carbons (Fsp3) is 0.500. The molecule has 0 bridgehead atoms. The van der Waals surface area contributed by atoms with E-state index in [1.54, 1.807) is 12.1 Å². The van der Waals surface area contributed by atoms with Gasteiger partial charge in [0, 0.05) is 6.42 Å². The van der Waals surface area contributed by atoms with Gasteiger partial charge < -0.3 is 39.7 Å². The van der Waals surface area contributed by atoms with E-state index in [2.05, 4.69) is 0 Å². The van der Waals surface area contributed by atoms with Crippen LogP contribution in [0.3, 0.4) is 0 Å². The van der Waals surface area contributed by atoms with Crippen molar-refractivity contribution >= 4 is 0 Å². The fourth-order valence-electron chi connectivity index (χ4n) is 3.73. The van der Waals surface area contributed by atoms with Gasteiger partial charge in [0.05, 0.1) is 18.8 Å². The first-order valence-electron chi connectivity index (χ1n) is 10.9. The van der Waals surface area contributed by atoms with E-state index >= 15 is 0 Å². The van der Waals surface area contributed by atoms with Crippen LogP contribution in [0.25, 0.3) is 0 Å². The summed E-state index contributed by atoms with van der Waals surface area (Å²) in [7, 11) is 0. The minimum atomic E-state index is -1.54. The summed E-state index contributed by atoms with van der Waals surface area (Å²) in [5.74, 6) is 1.20. The van der Waals surface area contributed by atoms with E-state index in [-0.39, 0.29) is 6.61 Å². The molecular weight excluding hydrogens is 416 g/mol. The molecule has 0 radical (unpaired) electrons. The number of aliphatic hydroxyl groups is 5. The number of hydrogen-bond donors (Lipinski definition) is 5. The summed E-state index contributed by atoms with van der Waals surface area (Å²) in [6.07, 6.45) is -5.01. The van der Waals surface area contributed by atoms with Gasteiger partial charge in [-0.15, -0.1) is 0 Å². The van der Waals surface area contributed by atoms with Crippen molar-refractivity contribution in [1.82, 2.24) is 0 Å². The summed E-state index contributed by atoms with van der Waals surface area (Å²) >= 11 is 0. The summed E-state index contributed by atoms with van der Waals surface area (Å²) in [6.45, 7) is 1.22. The molecule has 4 rings (SSSR count).